The fourth-order valence-corrected chi connectivity index (χ4v) is 1.79. The van der Waals surface area contributed by atoms with Crippen LogP contribution in [0.25, 0.3) is 0 Å². The largest absolute Gasteiger partial charge is 0.360 e. The monoisotopic (exact) mass is 214 g/mol. The third-order valence-electron chi connectivity index (χ3n) is 1.94. The van der Waals surface area contributed by atoms with Crippen molar-refractivity contribution >= 4 is 16.7 Å². The van der Waals surface area contributed by atoms with Crippen molar-refractivity contribution in [1.29, 1.82) is 0 Å². The van der Waals surface area contributed by atoms with Gasteiger partial charge >= 0.3 is 0 Å². The standard InChI is InChI=1S/C9H18N4S/c1-2-8-12-9(14-13-8)11-7-5-3-4-6-10/h2-7,10H2,1H3,(H,11,12,13). The van der Waals surface area contributed by atoms with E-state index in [1.807, 2.05) is 0 Å². The molecule has 4 nitrogen and oxygen atoms in total. The summed E-state index contributed by atoms with van der Waals surface area (Å²) in [6.45, 7) is 3.82. The summed E-state index contributed by atoms with van der Waals surface area (Å²) in [7, 11) is 0. The van der Waals surface area contributed by atoms with Crippen molar-refractivity contribution in [1.82, 2.24) is 9.36 Å². The highest BCUT2D eigenvalue weighted by molar-refractivity contribution is 7.09. The normalized spacial score (nSPS) is 10.4. The predicted octanol–water partition coefficient (Wildman–Crippen LogP) is 1.64. The maximum Gasteiger partial charge on any atom is 0.202 e. The van der Waals surface area contributed by atoms with Gasteiger partial charge in [0, 0.05) is 24.5 Å². The fraction of sp³-hybridized carbons (Fsp3) is 0.778. The first kappa shape index (κ1) is 11.4. The van der Waals surface area contributed by atoms with Gasteiger partial charge in [-0.1, -0.05) is 13.3 Å². The van der Waals surface area contributed by atoms with Gasteiger partial charge in [0.05, 0.1) is 0 Å². The van der Waals surface area contributed by atoms with E-state index in [0.29, 0.717) is 0 Å². The van der Waals surface area contributed by atoms with Gasteiger partial charge in [-0.2, -0.15) is 4.37 Å². The van der Waals surface area contributed by atoms with Crippen LogP contribution in [-0.2, 0) is 6.42 Å². The molecule has 0 aliphatic carbocycles. The molecule has 0 amide bonds. The maximum absolute atomic E-state index is 5.40. The first-order valence-electron chi connectivity index (χ1n) is 5.13. The minimum Gasteiger partial charge on any atom is -0.360 e. The topological polar surface area (TPSA) is 63.8 Å². The Kier molecular flexibility index (Phi) is 5.47. The van der Waals surface area contributed by atoms with E-state index in [0.717, 1.165) is 43.3 Å². The van der Waals surface area contributed by atoms with Crippen molar-refractivity contribution in [3.05, 3.63) is 5.82 Å². The molecule has 0 saturated heterocycles. The second-order valence-corrected chi connectivity index (χ2v) is 3.90. The zero-order valence-electron chi connectivity index (χ0n) is 8.62. The van der Waals surface area contributed by atoms with Crippen LogP contribution in [0.3, 0.4) is 0 Å². The van der Waals surface area contributed by atoms with E-state index in [2.05, 4.69) is 21.6 Å². The number of hydrogen-bond donors (Lipinski definition) is 2. The molecule has 0 radical (unpaired) electrons. The molecule has 5 heteroatoms. The molecule has 0 aromatic carbocycles. The molecule has 0 spiro atoms. The van der Waals surface area contributed by atoms with Gasteiger partial charge in [0.25, 0.3) is 0 Å². The summed E-state index contributed by atoms with van der Waals surface area (Å²) >= 11 is 1.44. The lowest BCUT2D eigenvalue weighted by Crippen LogP contribution is -2.03. The highest BCUT2D eigenvalue weighted by atomic mass is 32.1. The molecule has 1 rings (SSSR count). The Labute approximate surface area is 89.1 Å². The molecule has 0 fully saturated rings. The molecule has 3 N–H and O–H groups in total. The Bertz CT molecular complexity index is 249. The molecule has 14 heavy (non-hydrogen) atoms. The number of anilines is 1. The number of unbranched alkanes of at least 4 members (excludes halogenated alkanes) is 2. The van der Waals surface area contributed by atoms with E-state index in [9.17, 15) is 0 Å². The van der Waals surface area contributed by atoms with Crippen molar-refractivity contribution in [2.24, 2.45) is 5.73 Å². The number of nitrogens with two attached hydrogens (primary N) is 1. The first-order valence-corrected chi connectivity index (χ1v) is 5.90. The summed E-state index contributed by atoms with van der Waals surface area (Å²) in [5, 5.41) is 4.20. The minimum absolute atomic E-state index is 0.790. The van der Waals surface area contributed by atoms with E-state index in [1.165, 1.54) is 18.0 Å². The molecule has 0 atom stereocenters. The molecular weight excluding hydrogens is 196 g/mol. The SMILES string of the molecule is CCc1nsc(NCCCCCN)n1. The number of aromatic nitrogens is 2. The summed E-state index contributed by atoms with van der Waals surface area (Å²) in [5.41, 5.74) is 5.40. The molecule has 0 aliphatic heterocycles. The van der Waals surface area contributed by atoms with Gasteiger partial charge in [-0.3, -0.25) is 0 Å². The van der Waals surface area contributed by atoms with Crippen molar-refractivity contribution in [3.8, 4) is 0 Å². The second kappa shape index (κ2) is 6.73. The molecule has 1 aromatic heterocycles. The summed E-state index contributed by atoms with van der Waals surface area (Å²) in [4.78, 5) is 4.32. The van der Waals surface area contributed by atoms with Gasteiger partial charge in [0.15, 0.2) is 0 Å². The Morgan fingerprint density at radius 1 is 1.36 bits per heavy atom. The Balaban J connectivity index is 2.12. The van der Waals surface area contributed by atoms with E-state index >= 15 is 0 Å². The van der Waals surface area contributed by atoms with Gasteiger partial charge in [-0.05, 0) is 19.4 Å². The quantitative estimate of drug-likeness (QED) is 0.677. The van der Waals surface area contributed by atoms with Crippen LogP contribution in [0, 0.1) is 0 Å². The molecule has 0 saturated carbocycles. The smallest absolute Gasteiger partial charge is 0.202 e. The van der Waals surface area contributed by atoms with Crippen LogP contribution in [0.5, 0.6) is 0 Å². The van der Waals surface area contributed by atoms with Gasteiger partial charge in [0.2, 0.25) is 5.13 Å². The van der Waals surface area contributed by atoms with Crippen LogP contribution in [0.2, 0.25) is 0 Å². The number of aryl methyl sites for hydroxylation is 1. The molecule has 1 aromatic rings. The Hall–Kier alpha value is -0.680. The fourth-order valence-electron chi connectivity index (χ4n) is 1.11. The van der Waals surface area contributed by atoms with Crippen molar-refractivity contribution in [2.75, 3.05) is 18.4 Å². The van der Waals surface area contributed by atoms with E-state index in [1.54, 1.807) is 0 Å². The average molecular weight is 214 g/mol. The van der Waals surface area contributed by atoms with E-state index in [4.69, 9.17) is 5.73 Å². The lowest BCUT2D eigenvalue weighted by molar-refractivity contribution is 0.707. The Morgan fingerprint density at radius 2 is 2.21 bits per heavy atom. The molecular formula is C9H18N4S. The van der Waals surface area contributed by atoms with Crippen molar-refractivity contribution in [3.63, 3.8) is 0 Å². The summed E-state index contributed by atoms with van der Waals surface area (Å²) in [6.07, 6.45) is 4.35. The van der Waals surface area contributed by atoms with E-state index in [-0.39, 0.29) is 0 Å². The zero-order valence-corrected chi connectivity index (χ0v) is 9.44. The molecule has 0 unspecified atom stereocenters. The minimum atomic E-state index is 0.790. The van der Waals surface area contributed by atoms with E-state index < -0.39 is 0 Å². The predicted molar refractivity (Wildman–Crippen MR) is 60.7 cm³/mol. The number of rotatable bonds is 7. The van der Waals surface area contributed by atoms with Crippen LogP contribution in [0.1, 0.15) is 32.0 Å². The van der Waals surface area contributed by atoms with Crippen LogP contribution >= 0.6 is 11.5 Å². The van der Waals surface area contributed by atoms with Crippen LogP contribution < -0.4 is 11.1 Å². The van der Waals surface area contributed by atoms with Gasteiger partial charge in [-0.25, -0.2) is 4.98 Å². The highest BCUT2D eigenvalue weighted by Crippen LogP contribution is 2.11. The third-order valence-corrected chi connectivity index (χ3v) is 2.65. The van der Waals surface area contributed by atoms with Crippen LogP contribution in [0.4, 0.5) is 5.13 Å². The Morgan fingerprint density at radius 3 is 2.86 bits per heavy atom. The first-order chi connectivity index (χ1) is 6.86. The average Bonchev–Trinajstić information content (AvgIpc) is 2.65. The second-order valence-electron chi connectivity index (χ2n) is 3.15. The number of nitrogens with zero attached hydrogens (tertiary/aromatic N) is 2. The summed E-state index contributed by atoms with van der Waals surface area (Å²) in [6, 6.07) is 0. The summed E-state index contributed by atoms with van der Waals surface area (Å²) in [5.74, 6) is 0.930. The molecule has 0 aliphatic rings. The highest BCUT2D eigenvalue weighted by Gasteiger charge is 1.99. The number of hydrogen-bond acceptors (Lipinski definition) is 5. The lowest BCUT2D eigenvalue weighted by atomic mass is 10.2. The summed E-state index contributed by atoms with van der Waals surface area (Å²) < 4.78 is 4.20. The molecule has 1 heterocycles. The number of nitrogens with one attached hydrogen (secondary N) is 1. The van der Waals surface area contributed by atoms with Gasteiger partial charge in [0.1, 0.15) is 5.82 Å². The lowest BCUT2D eigenvalue weighted by Gasteiger charge is -2.00. The maximum atomic E-state index is 5.40. The van der Waals surface area contributed by atoms with Crippen LogP contribution in [0.15, 0.2) is 0 Å². The van der Waals surface area contributed by atoms with Crippen LogP contribution in [-0.4, -0.2) is 22.4 Å². The third kappa shape index (κ3) is 4.02. The van der Waals surface area contributed by atoms with Crippen molar-refractivity contribution in [2.45, 2.75) is 32.6 Å². The van der Waals surface area contributed by atoms with Crippen molar-refractivity contribution < 1.29 is 0 Å². The molecule has 0 bridgehead atoms. The molecule has 80 valence electrons. The van der Waals surface area contributed by atoms with Gasteiger partial charge in [-0.15, -0.1) is 0 Å². The van der Waals surface area contributed by atoms with Gasteiger partial charge < -0.3 is 11.1 Å². The zero-order chi connectivity index (χ0) is 10.2.